The third kappa shape index (κ3) is 10.1. The minimum atomic E-state index is -0.757. The second-order valence-corrected chi connectivity index (χ2v) is 8.81. The first kappa shape index (κ1) is 24.5. The van der Waals surface area contributed by atoms with E-state index >= 15 is 0 Å². The predicted molar refractivity (Wildman–Crippen MR) is 106 cm³/mol. The number of nitrogens with two attached hydrogens (primary N) is 1. The number of alkyl carbamates (subject to hydrolysis) is 1. The van der Waals surface area contributed by atoms with Crippen molar-refractivity contribution in [1.29, 1.82) is 0 Å². The zero-order valence-corrected chi connectivity index (χ0v) is 18.0. The molecule has 1 saturated carbocycles. The van der Waals surface area contributed by atoms with Crippen molar-refractivity contribution in [3.8, 4) is 0 Å². The zero-order valence-electron chi connectivity index (χ0n) is 18.0. The highest BCUT2D eigenvalue weighted by molar-refractivity contribution is 5.67. The third-order valence-corrected chi connectivity index (χ3v) is 5.01. The molecule has 0 aliphatic heterocycles. The van der Waals surface area contributed by atoms with E-state index in [-0.39, 0.29) is 29.6 Å². The summed E-state index contributed by atoms with van der Waals surface area (Å²) < 4.78 is 21.3. The molecule has 0 aromatic carbocycles. The minimum Gasteiger partial charge on any atom is -0.447 e. The highest BCUT2D eigenvalue weighted by atomic mass is 16.6. The van der Waals surface area contributed by atoms with Gasteiger partial charge in [-0.15, -0.1) is 0 Å². The van der Waals surface area contributed by atoms with Crippen LogP contribution in [-0.4, -0.2) is 57.4 Å². The molecule has 28 heavy (non-hydrogen) atoms. The van der Waals surface area contributed by atoms with Crippen LogP contribution < -0.4 is 11.1 Å². The lowest BCUT2D eigenvalue weighted by atomic mass is 9.63. The molecule has 8 nitrogen and oxygen atoms in total. The lowest BCUT2D eigenvalue weighted by molar-refractivity contribution is -0.0178. The fourth-order valence-electron chi connectivity index (χ4n) is 3.98. The normalized spacial score (nSPS) is 25.0. The van der Waals surface area contributed by atoms with Crippen LogP contribution in [0.1, 0.15) is 60.3 Å². The summed E-state index contributed by atoms with van der Waals surface area (Å²) in [5.41, 5.74) is 4.96. The summed E-state index contributed by atoms with van der Waals surface area (Å²) in [5.74, 6) is 0. The van der Waals surface area contributed by atoms with Crippen molar-refractivity contribution in [2.75, 3.05) is 33.0 Å². The Morgan fingerprint density at radius 3 is 2.46 bits per heavy atom. The number of rotatable bonds is 11. The molecule has 3 atom stereocenters. The molecule has 0 radical (unpaired) electrons. The number of carbonyl (C=O) groups is 2. The topological polar surface area (TPSA) is 109 Å². The van der Waals surface area contributed by atoms with Crippen molar-refractivity contribution >= 4 is 12.2 Å². The molecule has 0 saturated heterocycles. The Morgan fingerprint density at radius 1 is 1.14 bits per heavy atom. The van der Waals surface area contributed by atoms with Crippen molar-refractivity contribution in [2.24, 2.45) is 16.6 Å². The fourth-order valence-corrected chi connectivity index (χ4v) is 3.98. The number of primary amides is 1. The largest absolute Gasteiger partial charge is 0.447 e. The van der Waals surface area contributed by atoms with E-state index in [1.54, 1.807) is 0 Å². The summed E-state index contributed by atoms with van der Waals surface area (Å²) >= 11 is 0. The molecule has 3 N–H and O–H groups in total. The van der Waals surface area contributed by atoms with Gasteiger partial charge < -0.3 is 30.0 Å². The first-order valence-corrected chi connectivity index (χ1v) is 10.1. The second-order valence-electron chi connectivity index (χ2n) is 8.81. The first-order chi connectivity index (χ1) is 13.1. The average molecular weight is 403 g/mol. The first-order valence-electron chi connectivity index (χ1n) is 10.1. The SMILES string of the molecule is CCC(C)OCCOCCOC(=O)NCC1(C)CC(OC(N)=O)CC(C)(C)C1. The third-order valence-electron chi connectivity index (χ3n) is 5.01. The van der Waals surface area contributed by atoms with Gasteiger partial charge in [-0.1, -0.05) is 27.7 Å². The molecule has 8 heteroatoms. The number of ether oxygens (including phenoxy) is 4. The molecule has 1 aliphatic carbocycles. The quantitative estimate of drug-likeness (QED) is 0.514. The number of nitrogens with one attached hydrogen (secondary N) is 1. The molecular formula is C20H38N2O6. The Morgan fingerprint density at radius 2 is 1.82 bits per heavy atom. The van der Waals surface area contributed by atoms with Gasteiger partial charge in [0.2, 0.25) is 0 Å². The average Bonchev–Trinajstić information content (AvgIpc) is 2.56. The molecule has 1 rings (SSSR count). The van der Waals surface area contributed by atoms with Gasteiger partial charge in [0.05, 0.1) is 25.9 Å². The van der Waals surface area contributed by atoms with Crippen molar-refractivity contribution in [3.05, 3.63) is 0 Å². The van der Waals surface area contributed by atoms with Crippen molar-refractivity contribution in [2.45, 2.75) is 72.5 Å². The van der Waals surface area contributed by atoms with E-state index in [0.717, 1.165) is 19.3 Å². The Bertz CT molecular complexity index is 499. The summed E-state index contributed by atoms with van der Waals surface area (Å²) in [5, 5.41) is 2.82. The van der Waals surface area contributed by atoms with E-state index in [0.29, 0.717) is 32.8 Å². The van der Waals surface area contributed by atoms with Gasteiger partial charge in [0.15, 0.2) is 0 Å². The number of hydrogen-bond acceptors (Lipinski definition) is 6. The molecule has 0 aromatic rings. The van der Waals surface area contributed by atoms with E-state index in [1.807, 2.05) is 6.92 Å². The van der Waals surface area contributed by atoms with E-state index in [4.69, 9.17) is 24.7 Å². The molecule has 0 bridgehead atoms. The van der Waals surface area contributed by atoms with E-state index in [9.17, 15) is 9.59 Å². The van der Waals surface area contributed by atoms with Gasteiger partial charge in [0.25, 0.3) is 0 Å². The van der Waals surface area contributed by atoms with Crippen molar-refractivity contribution in [1.82, 2.24) is 5.32 Å². The number of carbonyl (C=O) groups excluding carboxylic acids is 2. The summed E-state index contributed by atoms with van der Waals surface area (Å²) in [6.45, 7) is 12.4. The fraction of sp³-hybridized carbons (Fsp3) is 0.900. The van der Waals surface area contributed by atoms with Crippen LogP contribution in [0.2, 0.25) is 0 Å². The van der Waals surface area contributed by atoms with E-state index in [1.165, 1.54) is 0 Å². The maximum atomic E-state index is 11.9. The monoisotopic (exact) mass is 402 g/mol. The van der Waals surface area contributed by atoms with Crippen LogP contribution in [0, 0.1) is 10.8 Å². The van der Waals surface area contributed by atoms with Crippen LogP contribution >= 0.6 is 0 Å². The summed E-state index contributed by atoms with van der Waals surface area (Å²) in [7, 11) is 0. The lowest BCUT2D eigenvalue weighted by Crippen LogP contribution is -2.46. The van der Waals surface area contributed by atoms with Crippen LogP contribution in [0.3, 0.4) is 0 Å². The summed E-state index contributed by atoms with van der Waals surface area (Å²) in [6.07, 6.45) is 2.03. The van der Waals surface area contributed by atoms with Gasteiger partial charge in [-0.05, 0) is 43.4 Å². The Hall–Kier alpha value is -1.54. The van der Waals surface area contributed by atoms with Gasteiger partial charge in [-0.2, -0.15) is 0 Å². The Labute approximate surface area is 168 Å². The van der Waals surface area contributed by atoms with Gasteiger partial charge in [0.1, 0.15) is 12.7 Å². The summed E-state index contributed by atoms with van der Waals surface area (Å²) in [4.78, 5) is 23.1. The van der Waals surface area contributed by atoms with Crippen molar-refractivity contribution < 1.29 is 28.5 Å². The van der Waals surface area contributed by atoms with E-state index in [2.05, 4.69) is 33.0 Å². The number of hydrogen-bond donors (Lipinski definition) is 2. The molecule has 1 aliphatic rings. The van der Waals surface area contributed by atoms with Gasteiger partial charge in [-0.3, -0.25) is 0 Å². The second kappa shape index (κ2) is 11.5. The molecule has 0 heterocycles. The Kier molecular flexibility index (Phi) is 10.0. The van der Waals surface area contributed by atoms with Crippen LogP contribution in [0.15, 0.2) is 0 Å². The van der Waals surface area contributed by atoms with Crippen LogP contribution in [0.5, 0.6) is 0 Å². The molecule has 0 aromatic heterocycles. The molecule has 1 fully saturated rings. The smallest absolute Gasteiger partial charge is 0.407 e. The van der Waals surface area contributed by atoms with Crippen molar-refractivity contribution in [3.63, 3.8) is 0 Å². The summed E-state index contributed by atoms with van der Waals surface area (Å²) in [6, 6.07) is 0. The molecule has 164 valence electrons. The predicted octanol–water partition coefficient (Wildman–Crippen LogP) is 3.22. The standard InChI is InChI=1S/C20H38N2O6/c1-6-15(2)26-9-7-25-8-10-27-18(24)22-14-20(5)12-16(28-17(21)23)11-19(3,4)13-20/h15-16H,6-14H2,1-5H3,(H2,21,23)(H,22,24). The van der Waals surface area contributed by atoms with Crippen LogP contribution in [0.4, 0.5) is 9.59 Å². The Balaban J connectivity index is 2.26. The zero-order chi connectivity index (χ0) is 21.2. The molecule has 2 amide bonds. The van der Waals surface area contributed by atoms with Gasteiger partial charge >= 0.3 is 12.2 Å². The molecule has 0 spiro atoms. The number of amides is 2. The lowest BCUT2D eigenvalue weighted by Gasteiger charge is -2.45. The molecule has 3 unspecified atom stereocenters. The van der Waals surface area contributed by atoms with E-state index < -0.39 is 12.2 Å². The highest BCUT2D eigenvalue weighted by Crippen LogP contribution is 2.46. The minimum absolute atomic E-state index is 0.0100. The highest BCUT2D eigenvalue weighted by Gasteiger charge is 2.42. The maximum Gasteiger partial charge on any atom is 0.407 e. The maximum absolute atomic E-state index is 11.9. The van der Waals surface area contributed by atoms with Gasteiger partial charge in [0, 0.05) is 6.54 Å². The molecular weight excluding hydrogens is 364 g/mol. The van der Waals surface area contributed by atoms with Gasteiger partial charge in [-0.25, -0.2) is 9.59 Å². The van der Waals surface area contributed by atoms with Crippen LogP contribution in [0.25, 0.3) is 0 Å². The van der Waals surface area contributed by atoms with Crippen LogP contribution in [-0.2, 0) is 18.9 Å².